The first-order valence-electron chi connectivity index (χ1n) is 5.05. The summed E-state index contributed by atoms with van der Waals surface area (Å²) in [5, 5.41) is 2.63. The van der Waals surface area contributed by atoms with Crippen LogP contribution in [-0.2, 0) is 0 Å². The van der Waals surface area contributed by atoms with Gasteiger partial charge in [0.05, 0.1) is 5.69 Å². The van der Waals surface area contributed by atoms with Crippen molar-refractivity contribution in [3.63, 3.8) is 0 Å². The molecule has 0 radical (unpaired) electrons. The molecule has 0 atom stereocenters. The van der Waals surface area contributed by atoms with Crippen LogP contribution in [0.1, 0.15) is 5.69 Å². The molecule has 0 aliphatic heterocycles. The van der Waals surface area contributed by atoms with Crippen LogP contribution in [0.3, 0.4) is 0 Å². The number of anilines is 2. The first-order chi connectivity index (χ1) is 8.58. The Hall–Kier alpha value is -2.08. The number of pyridine rings is 1. The van der Waals surface area contributed by atoms with Crippen LogP contribution in [0.25, 0.3) is 0 Å². The van der Waals surface area contributed by atoms with Crippen LogP contribution in [-0.4, -0.2) is 9.97 Å². The predicted molar refractivity (Wildman–Crippen MR) is 69.8 cm³/mol. The Balaban J connectivity index is 2.34. The molecule has 1 heterocycles. The highest BCUT2D eigenvalue weighted by Gasteiger charge is 2.09. The third kappa shape index (κ3) is 2.60. The fraction of sp³-hybridized carbons (Fsp3) is 0. The second-order valence-electron chi connectivity index (χ2n) is 3.52. The molecule has 92 valence electrons. The van der Waals surface area contributed by atoms with Gasteiger partial charge < -0.3 is 11.1 Å². The fourth-order valence-corrected chi connectivity index (χ4v) is 1.52. The highest BCUT2D eigenvalue weighted by molar-refractivity contribution is 7.80. The molecule has 1 aromatic heterocycles. The van der Waals surface area contributed by atoms with Crippen molar-refractivity contribution in [1.29, 1.82) is 0 Å². The number of hydrogen-bond donors (Lipinski definition) is 2. The maximum atomic E-state index is 13.4. The number of nitrogens with one attached hydrogen (secondary N) is 1. The van der Waals surface area contributed by atoms with Crippen molar-refractivity contribution in [2.45, 2.75) is 0 Å². The van der Waals surface area contributed by atoms with Crippen molar-refractivity contribution in [2.24, 2.45) is 5.73 Å². The molecule has 1 aromatic carbocycles. The van der Waals surface area contributed by atoms with Crippen molar-refractivity contribution in [3.05, 3.63) is 53.9 Å². The Morgan fingerprint density at radius 2 is 1.89 bits per heavy atom. The van der Waals surface area contributed by atoms with Gasteiger partial charge in [-0.25, -0.2) is 8.78 Å². The van der Waals surface area contributed by atoms with Crippen molar-refractivity contribution in [2.75, 3.05) is 5.32 Å². The van der Waals surface area contributed by atoms with E-state index in [1.54, 1.807) is 6.07 Å². The molecule has 0 amide bonds. The Morgan fingerprint density at radius 3 is 2.50 bits per heavy atom. The van der Waals surface area contributed by atoms with E-state index in [0.29, 0.717) is 11.4 Å². The van der Waals surface area contributed by atoms with Crippen molar-refractivity contribution < 1.29 is 8.78 Å². The van der Waals surface area contributed by atoms with Crippen LogP contribution >= 0.6 is 12.2 Å². The van der Waals surface area contributed by atoms with Crippen LogP contribution in [0.5, 0.6) is 0 Å². The molecule has 0 saturated heterocycles. The zero-order valence-corrected chi connectivity index (χ0v) is 9.97. The van der Waals surface area contributed by atoms with Crippen molar-refractivity contribution >= 4 is 28.6 Å². The highest BCUT2D eigenvalue weighted by atomic mass is 32.1. The molecule has 0 aliphatic carbocycles. The zero-order chi connectivity index (χ0) is 13.1. The summed E-state index contributed by atoms with van der Waals surface area (Å²) in [5.74, 6) is -1.35. The Morgan fingerprint density at radius 1 is 1.22 bits per heavy atom. The number of halogens is 2. The van der Waals surface area contributed by atoms with E-state index in [2.05, 4.69) is 10.3 Å². The van der Waals surface area contributed by atoms with Gasteiger partial charge in [-0.3, -0.25) is 4.98 Å². The number of benzene rings is 1. The van der Waals surface area contributed by atoms with Gasteiger partial charge in [-0.05, 0) is 24.3 Å². The van der Waals surface area contributed by atoms with E-state index in [1.165, 1.54) is 30.5 Å². The second kappa shape index (κ2) is 5.05. The molecule has 0 bridgehead atoms. The van der Waals surface area contributed by atoms with E-state index in [4.69, 9.17) is 18.0 Å². The van der Waals surface area contributed by atoms with Gasteiger partial charge in [0.25, 0.3) is 0 Å². The maximum absolute atomic E-state index is 13.4. The molecule has 2 aromatic rings. The van der Waals surface area contributed by atoms with E-state index in [0.717, 1.165) is 0 Å². The fourth-order valence-electron chi connectivity index (χ4n) is 1.40. The molecule has 0 spiro atoms. The number of thiocarbonyl (C=S) groups is 1. The first kappa shape index (κ1) is 12.4. The summed E-state index contributed by atoms with van der Waals surface area (Å²) in [6, 6.07) is 6.72. The quantitative estimate of drug-likeness (QED) is 0.838. The van der Waals surface area contributed by atoms with Crippen molar-refractivity contribution in [3.8, 4) is 0 Å². The van der Waals surface area contributed by atoms with E-state index >= 15 is 0 Å². The monoisotopic (exact) mass is 265 g/mol. The maximum Gasteiger partial charge on any atom is 0.149 e. The number of aromatic nitrogens is 1. The minimum Gasteiger partial charge on any atom is -0.388 e. The minimum atomic E-state index is -0.677. The number of nitrogens with two attached hydrogens (primary N) is 1. The zero-order valence-electron chi connectivity index (χ0n) is 9.15. The summed E-state index contributed by atoms with van der Waals surface area (Å²) in [6.07, 6.45) is 1.45. The van der Waals surface area contributed by atoms with E-state index in [1.807, 2.05) is 0 Å². The van der Waals surface area contributed by atoms with E-state index in [9.17, 15) is 8.78 Å². The number of rotatable bonds is 3. The van der Waals surface area contributed by atoms with Crippen LogP contribution < -0.4 is 11.1 Å². The van der Waals surface area contributed by atoms with Gasteiger partial charge in [0.2, 0.25) is 0 Å². The normalized spacial score (nSPS) is 10.1. The van der Waals surface area contributed by atoms with Gasteiger partial charge in [0, 0.05) is 11.9 Å². The summed E-state index contributed by atoms with van der Waals surface area (Å²) in [7, 11) is 0. The van der Waals surface area contributed by atoms with Crippen LogP contribution in [0.4, 0.5) is 20.2 Å². The molecular formula is C12H9F2N3S. The molecule has 3 nitrogen and oxygen atoms in total. The van der Waals surface area contributed by atoms with Crippen molar-refractivity contribution in [1.82, 2.24) is 4.98 Å². The molecule has 3 N–H and O–H groups in total. The lowest BCUT2D eigenvalue weighted by Crippen LogP contribution is -2.11. The lowest BCUT2D eigenvalue weighted by atomic mass is 10.2. The molecule has 18 heavy (non-hydrogen) atoms. The van der Waals surface area contributed by atoms with Gasteiger partial charge in [0.1, 0.15) is 22.3 Å². The summed E-state index contributed by atoms with van der Waals surface area (Å²) in [4.78, 5) is 4.05. The number of hydrogen-bond acceptors (Lipinski definition) is 3. The Labute approximate surface area is 108 Å². The Kier molecular flexibility index (Phi) is 3.47. The van der Waals surface area contributed by atoms with Gasteiger partial charge in [0.15, 0.2) is 0 Å². The third-order valence-corrected chi connectivity index (χ3v) is 2.45. The lowest BCUT2D eigenvalue weighted by molar-refractivity contribution is 0.591. The molecule has 0 unspecified atom stereocenters. The predicted octanol–water partition coefficient (Wildman–Crippen LogP) is 2.74. The Bertz CT molecular complexity index is 581. The summed E-state index contributed by atoms with van der Waals surface area (Å²) in [6.45, 7) is 0. The van der Waals surface area contributed by atoms with E-state index < -0.39 is 11.6 Å². The van der Waals surface area contributed by atoms with E-state index in [-0.39, 0.29) is 10.7 Å². The average Bonchev–Trinajstić information content (AvgIpc) is 2.34. The number of para-hydroxylation sites is 1. The van der Waals surface area contributed by atoms with Crippen LogP contribution in [0, 0.1) is 11.6 Å². The minimum absolute atomic E-state index is 0.118. The highest BCUT2D eigenvalue weighted by Crippen LogP contribution is 2.23. The van der Waals surface area contributed by atoms with Gasteiger partial charge in [-0.2, -0.15) is 0 Å². The van der Waals surface area contributed by atoms with Gasteiger partial charge >= 0.3 is 0 Å². The molecule has 2 rings (SSSR count). The smallest absolute Gasteiger partial charge is 0.149 e. The number of nitrogens with zero attached hydrogens (tertiary/aromatic N) is 1. The summed E-state index contributed by atoms with van der Waals surface area (Å²) >= 11 is 4.78. The average molecular weight is 265 g/mol. The van der Waals surface area contributed by atoms with Gasteiger partial charge in [-0.1, -0.05) is 18.3 Å². The second-order valence-corrected chi connectivity index (χ2v) is 3.96. The SMILES string of the molecule is NC(=S)c1cc(Nc2c(F)cccc2F)ccn1. The van der Waals surface area contributed by atoms with Gasteiger partial charge in [-0.15, -0.1) is 0 Å². The molecular weight excluding hydrogens is 256 g/mol. The summed E-state index contributed by atoms with van der Waals surface area (Å²) in [5.41, 5.74) is 6.04. The molecule has 0 saturated carbocycles. The largest absolute Gasteiger partial charge is 0.388 e. The third-order valence-electron chi connectivity index (χ3n) is 2.24. The lowest BCUT2D eigenvalue weighted by Gasteiger charge is -2.09. The first-order valence-corrected chi connectivity index (χ1v) is 5.45. The molecule has 0 fully saturated rings. The van der Waals surface area contributed by atoms with Crippen LogP contribution in [0.15, 0.2) is 36.5 Å². The molecule has 6 heteroatoms. The molecule has 0 aliphatic rings. The topological polar surface area (TPSA) is 50.9 Å². The standard InChI is InChI=1S/C12H9F2N3S/c13-8-2-1-3-9(14)11(8)17-7-4-5-16-10(6-7)12(15)18/h1-6H,(H2,15,18)(H,16,17). The summed E-state index contributed by atoms with van der Waals surface area (Å²) < 4.78 is 26.9. The van der Waals surface area contributed by atoms with Crippen LogP contribution in [0.2, 0.25) is 0 Å².